The minimum atomic E-state index is -2.08. The van der Waals surface area contributed by atoms with Crippen LogP contribution in [0.15, 0.2) is 0 Å². The lowest BCUT2D eigenvalue weighted by molar-refractivity contribution is 0.248. The van der Waals surface area contributed by atoms with Crippen LogP contribution in [0.4, 0.5) is 0 Å². The van der Waals surface area contributed by atoms with Crippen LogP contribution in [0, 0.1) is 0 Å². The van der Waals surface area contributed by atoms with Crippen LogP contribution in [0.2, 0.25) is 12.6 Å². The van der Waals surface area contributed by atoms with E-state index in [1.165, 1.54) is 0 Å². The van der Waals surface area contributed by atoms with Gasteiger partial charge in [0.2, 0.25) is 0 Å². The molecule has 0 aliphatic rings. The number of hydrogen-bond acceptors (Lipinski definition) is 4. The smallest absolute Gasteiger partial charge is 0.343 e. The van der Waals surface area contributed by atoms with E-state index in [2.05, 4.69) is 0 Å². The second-order valence-corrected chi connectivity index (χ2v) is 6.83. The Labute approximate surface area is 86.6 Å². The first kappa shape index (κ1) is 13.0. The van der Waals surface area contributed by atoms with E-state index in [0.29, 0.717) is 17.7 Å². The van der Waals surface area contributed by atoms with Crippen molar-refractivity contribution >= 4 is 25.8 Å². The van der Waals surface area contributed by atoms with Gasteiger partial charge in [-0.2, -0.15) is 0 Å². The summed E-state index contributed by atoms with van der Waals surface area (Å²) in [5.74, 6) is 0. The highest BCUT2D eigenvalue weighted by atomic mass is 32.1. The largest absolute Gasteiger partial charge is 0.487 e. The maximum absolute atomic E-state index is 5.30. The Morgan fingerprint density at radius 2 is 1.85 bits per heavy atom. The van der Waals surface area contributed by atoms with Crippen LogP contribution < -0.4 is 0 Å². The number of ether oxygens (including phenoxy) is 1. The first-order valence-corrected chi connectivity index (χ1v) is 7.27. The molecule has 5 heteroatoms. The van der Waals surface area contributed by atoms with Gasteiger partial charge in [0, 0.05) is 14.2 Å². The van der Waals surface area contributed by atoms with Gasteiger partial charge in [0.15, 0.2) is 5.05 Å². The molecule has 3 nitrogen and oxygen atoms in total. The van der Waals surface area contributed by atoms with Crippen LogP contribution in [-0.4, -0.2) is 34.4 Å². The highest BCUT2D eigenvalue weighted by Crippen LogP contribution is 2.12. The van der Waals surface area contributed by atoms with E-state index in [1.807, 2.05) is 13.5 Å². The third-order valence-corrected chi connectivity index (χ3v) is 5.01. The standard InChI is InChI=1S/C8H18O3SSi/c1-5-6-11-8(12)7-13(4,9-2)10-3/h5-7H2,1-4H3. The molecule has 0 fully saturated rings. The summed E-state index contributed by atoms with van der Waals surface area (Å²) >= 11 is 5.05. The number of rotatable bonds is 6. The van der Waals surface area contributed by atoms with Crippen LogP contribution in [0.25, 0.3) is 0 Å². The molecule has 0 unspecified atom stereocenters. The summed E-state index contributed by atoms with van der Waals surface area (Å²) in [6, 6.07) is 0.620. The molecule has 0 aromatic carbocycles. The molecule has 78 valence electrons. The van der Waals surface area contributed by atoms with E-state index in [9.17, 15) is 0 Å². The van der Waals surface area contributed by atoms with Gasteiger partial charge in [0.05, 0.1) is 12.7 Å². The van der Waals surface area contributed by atoms with Crippen molar-refractivity contribution in [2.24, 2.45) is 0 Å². The normalized spacial score (nSPS) is 11.4. The fourth-order valence-electron chi connectivity index (χ4n) is 0.757. The molecule has 13 heavy (non-hydrogen) atoms. The maximum Gasteiger partial charge on any atom is 0.343 e. The van der Waals surface area contributed by atoms with Gasteiger partial charge >= 0.3 is 8.56 Å². The predicted molar refractivity (Wildman–Crippen MR) is 59.3 cm³/mol. The van der Waals surface area contributed by atoms with Gasteiger partial charge in [-0.25, -0.2) is 0 Å². The van der Waals surface area contributed by atoms with Crippen molar-refractivity contribution in [3.05, 3.63) is 0 Å². The molecule has 0 aliphatic carbocycles. The van der Waals surface area contributed by atoms with Gasteiger partial charge in [-0.3, -0.25) is 0 Å². The summed E-state index contributed by atoms with van der Waals surface area (Å²) in [4.78, 5) is 0. The van der Waals surface area contributed by atoms with E-state index in [4.69, 9.17) is 25.8 Å². The summed E-state index contributed by atoms with van der Waals surface area (Å²) in [7, 11) is 1.23. The van der Waals surface area contributed by atoms with Crippen LogP contribution in [0.5, 0.6) is 0 Å². The Morgan fingerprint density at radius 3 is 2.23 bits per heavy atom. The summed E-state index contributed by atoms with van der Waals surface area (Å²) in [5.41, 5.74) is 0. The second kappa shape index (κ2) is 6.48. The van der Waals surface area contributed by atoms with Crippen molar-refractivity contribution in [3.8, 4) is 0 Å². The van der Waals surface area contributed by atoms with Crippen molar-refractivity contribution in [3.63, 3.8) is 0 Å². The molecule has 0 aromatic heterocycles. The molecule has 0 N–H and O–H groups in total. The lowest BCUT2D eigenvalue weighted by Gasteiger charge is -2.22. The maximum atomic E-state index is 5.30. The topological polar surface area (TPSA) is 27.7 Å². The van der Waals surface area contributed by atoms with Gasteiger partial charge in [0.1, 0.15) is 0 Å². The lowest BCUT2D eigenvalue weighted by atomic mass is 10.5. The summed E-state index contributed by atoms with van der Waals surface area (Å²) in [6.45, 7) is 4.69. The SMILES string of the molecule is CCCOC(=S)C[Si](C)(OC)OC. The predicted octanol–water partition coefficient (Wildman–Crippen LogP) is 2.11. The van der Waals surface area contributed by atoms with Gasteiger partial charge in [-0.15, -0.1) is 0 Å². The summed E-state index contributed by atoms with van der Waals surface area (Å²) < 4.78 is 15.9. The van der Waals surface area contributed by atoms with E-state index >= 15 is 0 Å². The van der Waals surface area contributed by atoms with Crippen molar-refractivity contribution in [1.82, 2.24) is 0 Å². The highest BCUT2D eigenvalue weighted by Gasteiger charge is 2.30. The van der Waals surface area contributed by atoms with Crippen LogP contribution in [0.1, 0.15) is 13.3 Å². The van der Waals surface area contributed by atoms with Gasteiger partial charge in [-0.05, 0) is 25.2 Å². The molecule has 0 spiro atoms. The van der Waals surface area contributed by atoms with Crippen molar-refractivity contribution < 1.29 is 13.6 Å². The molecule has 0 rings (SSSR count). The van der Waals surface area contributed by atoms with E-state index in [0.717, 1.165) is 6.42 Å². The second-order valence-electron chi connectivity index (χ2n) is 2.94. The van der Waals surface area contributed by atoms with Crippen LogP contribution >= 0.6 is 12.2 Å². The van der Waals surface area contributed by atoms with E-state index in [-0.39, 0.29) is 0 Å². The van der Waals surface area contributed by atoms with Crippen molar-refractivity contribution in [2.75, 3.05) is 20.8 Å². The molecule has 0 bridgehead atoms. The van der Waals surface area contributed by atoms with Crippen LogP contribution in [-0.2, 0) is 13.6 Å². The molecule has 0 aliphatic heterocycles. The fraction of sp³-hybridized carbons (Fsp3) is 0.875. The molecule has 0 aromatic rings. The third-order valence-electron chi connectivity index (χ3n) is 1.80. The molecule has 0 amide bonds. The molecular weight excluding hydrogens is 204 g/mol. The Hall–Kier alpha value is 0.0269. The molecular formula is C8H18O3SSi. The Bertz CT molecular complexity index is 159. The van der Waals surface area contributed by atoms with Crippen molar-refractivity contribution in [2.45, 2.75) is 25.9 Å². The van der Waals surface area contributed by atoms with Gasteiger partial charge in [-0.1, -0.05) is 6.92 Å². The Kier molecular flexibility index (Phi) is 6.49. The fourth-order valence-corrected chi connectivity index (χ4v) is 2.71. The van der Waals surface area contributed by atoms with Gasteiger partial charge in [0.25, 0.3) is 0 Å². The minimum Gasteiger partial charge on any atom is -0.487 e. The zero-order valence-electron chi connectivity index (χ0n) is 8.75. The Balaban J connectivity index is 3.87. The molecule has 0 atom stereocenters. The molecule has 0 radical (unpaired) electrons. The quantitative estimate of drug-likeness (QED) is 0.508. The van der Waals surface area contributed by atoms with Crippen LogP contribution in [0.3, 0.4) is 0 Å². The first-order chi connectivity index (χ1) is 6.08. The number of thiocarbonyl (C=S) groups is 1. The van der Waals surface area contributed by atoms with E-state index in [1.54, 1.807) is 14.2 Å². The summed E-state index contributed by atoms with van der Waals surface area (Å²) in [6.07, 6.45) is 0.971. The van der Waals surface area contributed by atoms with Crippen molar-refractivity contribution in [1.29, 1.82) is 0 Å². The zero-order valence-corrected chi connectivity index (χ0v) is 10.6. The third kappa shape index (κ3) is 5.35. The van der Waals surface area contributed by atoms with E-state index < -0.39 is 8.56 Å². The summed E-state index contributed by atoms with van der Waals surface area (Å²) in [5, 5.41) is 0.597. The average molecular weight is 222 g/mol. The van der Waals surface area contributed by atoms with Gasteiger partial charge < -0.3 is 13.6 Å². The average Bonchev–Trinajstić information content (AvgIpc) is 2.14. The molecule has 0 saturated carbocycles. The minimum absolute atomic E-state index is 0.597. The monoisotopic (exact) mass is 222 g/mol. The first-order valence-electron chi connectivity index (χ1n) is 4.34. The number of hydrogen-bond donors (Lipinski definition) is 0. The lowest BCUT2D eigenvalue weighted by Crippen LogP contribution is -2.38. The molecule has 0 heterocycles. The zero-order chi connectivity index (χ0) is 10.3. The Morgan fingerprint density at radius 1 is 1.31 bits per heavy atom. The highest BCUT2D eigenvalue weighted by molar-refractivity contribution is 7.80. The molecule has 0 saturated heterocycles.